The van der Waals surface area contributed by atoms with Crippen LogP contribution in [0, 0.1) is 0 Å². The highest BCUT2D eigenvalue weighted by Crippen LogP contribution is 2.26. The van der Waals surface area contributed by atoms with Gasteiger partial charge in [0.25, 0.3) is 0 Å². The average Bonchev–Trinajstić information content (AvgIpc) is 2.98. The van der Waals surface area contributed by atoms with Crippen molar-refractivity contribution >= 4 is 20.9 Å². The smallest absolute Gasteiger partial charge is 0.240 e. The number of sulfonamides is 1. The molecule has 0 saturated heterocycles. The lowest BCUT2D eigenvalue weighted by atomic mass is 10.1. The summed E-state index contributed by atoms with van der Waals surface area (Å²) in [6, 6.07) is 13.9. The topological polar surface area (TPSA) is 80.6 Å². The van der Waals surface area contributed by atoms with Crippen LogP contribution < -0.4 is 9.46 Å². The molecular formula is C19H22N2O4S. The minimum absolute atomic E-state index is 0.108. The molecule has 26 heavy (non-hydrogen) atoms. The maximum atomic E-state index is 12.4. The lowest BCUT2D eigenvalue weighted by molar-refractivity contribution is 0.183. The van der Waals surface area contributed by atoms with Gasteiger partial charge in [-0.2, -0.15) is 0 Å². The highest BCUT2D eigenvalue weighted by Gasteiger charge is 2.19. The van der Waals surface area contributed by atoms with Crippen molar-refractivity contribution in [2.75, 3.05) is 13.2 Å². The molecule has 1 atom stereocenters. The van der Waals surface area contributed by atoms with Gasteiger partial charge in [-0.1, -0.05) is 18.2 Å². The van der Waals surface area contributed by atoms with Crippen LogP contribution in [0.5, 0.6) is 5.75 Å². The number of fused-ring (bicyclic) bond motifs is 1. The quantitative estimate of drug-likeness (QED) is 0.666. The van der Waals surface area contributed by atoms with Crippen LogP contribution in [0.2, 0.25) is 0 Å². The number of aliphatic hydroxyl groups is 1. The van der Waals surface area contributed by atoms with E-state index >= 15 is 0 Å². The number of aryl methyl sites for hydroxylation is 1. The van der Waals surface area contributed by atoms with Gasteiger partial charge in [0, 0.05) is 36.3 Å². The minimum Gasteiger partial charge on any atom is -0.494 e. The fourth-order valence-corrected chi connectivity index (χ4v) is 3.94. The van der Waals surface area contributed by atoms with Crippen molar-refractivity contribution in [2.24, 2.45) is 7.05 Å². The number of rotatable bonds is 7. The summed E-state index contributed by atoms with van der Waals surface area (Å²) in [4.78, 5) is 0.131. The summed E-state index contributed by atoms with van der Waals surface area (Å²) < 4.78 is 34.6. The lowest BCUT2D eigenvalue weighted by Crippen LogP contribution is -2.28. The first kappa shape index (κ1) is 18.4. The Morgan fingerprint density at radius 3 is 2.54 bits per heavy atom. The third-order valence-corrected chi connectivity index (χ3v) is 5.64. The molecule has 2 aromatic carbocycles. The summed E-state index contributed by atoms with van der Waals surface area (Å²) in [5.74, 6) is 0.613. The second-order valence-corrected chi connectivity index (χ2v) is 7.75. The minimum atomic E-state index is -3.71. The molecule has 7 heteroatoms. The van der Waals surface area contributed by atoms with Crippen molar-refractivity contribution in [3.05, 3.63) is 60.3 Å². The molecule has 2 N–H and O–H groups in total. The van der Waals surface area contributed by atoms with E-state index < -0.39 is 16.1 Å². The molecule has 0 saturated carbocycles. The zero-order valence-corrected chi connectivity index (χ0v) is 15.5. The van der Waals surface area contributed by atoms with Crippen LogP contribution in [0.1, 0.15) is 18.6 Å². The second-order valence-electron chi connectivity index (χ2n) is 5.98. The van der Waals surface area contributed by atoms with E-state index in [9.17, 15) is 13.5 Å². The van der Waals surface area contributed by atoms with Gasteiger partial charge < -0.3 is 14.4 Å². The third kappa shape index (κ3) is 3.75. The Kier molecular flexibility index (Phi) is 5.31. The standard InChI is InChI=1S/C19H22N2O4S/c1-3-25-14-8-10-15(11-9-14)26(23,24)20-12-19(22)17-13-21(2)18-7-5-4-6-16(17)18/h4-11,13,19-20,22H,3,12H2,1-2H3. The number of hydrogen-bond donors (Lipinski definition) is 2. The van der Waals surface area contributed by atoms with E-state index in [4.69, 9.17) is 4.74 Å². The van der Waals surface area contributed by atoms with Gasteiger partial charge in [0.05, 0.1) is 17.6 Å². The maximum absolute atomic E-state index is 12.4. The predicted molar refractivity (Wildman–Crippen MR) is 101 cm³/mol. The molecule has 0 radical (unpaired) electrons. The Labute approximate surface area is 153 Å². The number of nitrogens with one attached hydrogen (secondary N) is 1. The van der Waals surface area contributed by atoms with Crippen LogP contribution in [0.4, 0.5) is 0 Å². The molecule has 138 valence electrons. The van der Waals surface area contributed by atoms with Crippen LogP contribution in [-0.2, 0) is 17.1 Å². The van der Waals surface area contributed by atoms with Crippen LogP contribution in [0.3, 0.4) is 0 Å². The van der Waals surface area contributed by atoms with Crippen LogP contribution in [0.15, 0.2) is 59.6 Å². The van der Waals surface area contributed by atoms with E-state index in [2.05, 4.69) is 4.72 Å². The van der Waals surface area contributed by atoms with Crippen molar-refractivity contribution in [1.82, 2.24) is 9.29 Å². The number of nitrogens with zero attached hydrogens (tertiary/aromatic N) is 1. The van der Waals surface area contributed by atoms with Gasteiger partial charge in [-0.15, -0.1) is 0 Å². The Morgan fingerprint density at radius 1 is 1.15 bits per heavy atom. The molecular weight excluding hydrogens is 352 g/mol. The van der Waals surface area contributed by atoms with Crippen LogP contribution in [0.25, 0.3) is 10.9 Å². The van der Waals surface area contributed by atoms with Gasteiger partial charge >= 0.3 is 0 Å². The summed E-state index contributed by atoms with van der Waals surface area (Å²) in [7, 11) is -1.82. The molecule has 0 aliphatic heterocycles. The van der Waals surface area contributed by atoms with Gasteiger partial charge in [0.15, 0.2) is 0 Å². The Bertz CT molecular complexity index is 994. The number of para-hydroxylation sites is 1. The van der Waals surface area contributed by atoms with E-state index in [0.717, 1.165) is 10.9 Å². The second kappa shape index (κ2) is 7.49. The van der Waals surface area contributed by atoms with Gasteiger partial charge in [0.2, 0.25) is 10.0 Å². The molecule has 0 fully saturated rings. The highest BCUT2D eigenvalue weighted by molar-refractivity contribution is 7.89. The summed E-state index contributed by atoms with van der Waals surface area (Å²) in [6.07, 6.45) is 0.874. The van der Waals surface area contributed by atoms with Crippen molar-refractivity contribution in [1.29, 1.82) is 0 Å². The fraction of sp³-hybridized carbons (Fsp3) is 0.263. The molecule has 0 bridgehead atoms. The van der Waals surface area contributed by atoms with Crippen molar-refractivity contribution < 1.29 is 18.3 Å². The number of aliphatic hydroxyl groups excluding tert-OH is 1. The first-order valence-corrected chi connectivity index (χ1v) is 9.85. The zero-order valence-electron chi connectivity index (χ0n) is 14.7. The molecule has 3 aromatic rings. The molecule has 3 rings (SSSR count). The van der Waals surface area contributed by atoms with Crippen LogP contribution >= 0.6 is 0 Å². The molecule has 1 aromatic heterocycles. The summed E-state index contributed by atoms with van der Waals surface area (Å²) in [5, 5.41) is 11.4. The van der Waals surface area contributed by atoms with Crippen LogP contribution in [-0.4, -0.2) is 31.2 Å². The molecule has 0 aliphatic rings. The summed E-state index contributed by atoms with van der Waals surface area (Å²) in [5.41, 5.74) is 1.67. The molecule has 1 unspecified atom stereocenters. The van der Waals surface area contributed by atoms with Gasteiger partial charge in [-0.25, -0.2) is 13.1 Å². The summed E-state index contributed by atoms with van der Waals surface area (Å²) >= 11 is 0. The maximum Gasteiger partial charge on any atom is 0.240 e. The molecule has 0 amide bonds. The number of benzene rings is 2. The normalized spacial score (nSPS) is 13.0. The number of ether oxygens (including phenoxy) is 1. The monoisotopic (exact) mass is 374 g/mol. The van der Waals surface area contributed by atoms with Crippen molar-refractivity contribution in [2.45, 2.75) is 17.9 Å². The van der Waals surface area contributed by atoms with E-state index in [1.807, 2.05) is 49.0 Å². The first-order chi connectivity index (χ1) is 12.4. The first-order valence-electron chi connectivity index (χ1n) is 8.37. The fourth-order valence-electron chi connectivity index (χ4n) is 2.90. The number of aromatic nitrogens is 1. The average molecular weight is 374 g/mol. The molecule has 0 spiro atoms. The molecule has 6 nitrogen and oxygen atoms in total. The largest absolute Gasteiger partial charge is 0.494 e. The van der Waals surface area contributed by atoms with E-state index in [1.165, 1.54) is 12.1 Å². The van der Waals surface area contributed by atoms with E-state index in [0.29, 0.717) is 17.9 Å². The lowest BCUT2D eigenvalue weighted by Gasteiger charge is -2.12. The van der Waals surface area contributed by atoms with Crippen molar-refractivity contribution in [3.8, 4) is 5.75 Å². The SMILES string of the molecule is CCOc1ccc(S(=O)(=O)NCC(O)c2cn(C)c3ccccc23)cc1. The van der Waals surface area contributed by atoms with Crippen molar-refractivity contribution in [3.63, 3.8) is 0 Å². The van der Waals surface area contributed by atoms with E-state index in [-0.39, 0.29) is 11.4 Å². The Hall–Kier alpha value is -2.35. The highest BCUT2D eigenvalue weighted by atomic mass is 32.2. The molecule has 0 aliphatic carbocycles. The Morgan fingerprint density at radius 2 is 1.85 bits per heavy atom. The number of hydrogen-bond acceptors (Lipinski definition) is 4. The third-order valence-electron chi connectivity index (χ3n) is 4.20. The van der Waals surface area contributed by atoms with Gasteiger partial charge in [0.1, 0.15) is 5.75 Å². The van der Waals surface area contributed by atoms with Gasteiger partial charge in [-0.3, -0.25) is 0 Å². The zero-order chi connectivity index (χ0) is 18.7. The molecule has 1 heterocycles. The predicted octanol–water partition coefficient (Wildman–Crippen LogP) is 2.59. The Balaban J connectivity index is 1.74. The van der Waals surface area contributed by atoms with E-state index in [1.54, 1.807) is 12.1 Å². The van der Waals surface area contributed by atoms with Gasteiger partial charge in [-0.05, 0) is 37.3 Å². The summed E-state index contributed by atoms with van der Waals surface area (Å²) in [6.45, 7) is 2.27.